The Morgan fingerprint density at radius 1 is 1.04 bits per heavy atom. The topological polar surface area (TPSA) is 62.2 Å². The van der Waals surface area contributed by atoms with E-state index in [2.05, 4.69) is 10.3 Å². The predicted octanol–water partition coefficient (Wildman–Crippen LogP) is 5.21. The third-order valence-corrected chi connectivity index (χ3v) is 4.29. The van der Waals surface area contributed by atoms with E-state index in [1.807, 2.05) is 22.6 Å². The summed E-state index contributed by atoms with van der Waals surface area (Å²) >= 11 is 1.89. The van der Waals surface area contributed by atoms with Gasteiger partial charge < -0.3 is 10.4 Å². The van der Waals surface area contributed by atoms with E-state index in [4.69, 9.17) is 0 Å². The van der Waals surface area contributed by atoms with Crippen molar-refractivity contribution in [3.05, 3.63) is 75.4 Å². The molecule has 1 heterocycles. The maximum atomic E-state index is 14.4. The highest BCUT2D eigenvalue weighted by molar-refractivity contribution is 14.1. The van der Waals surface area contributed by atoms with Gasteiger partial charge in [0.25, 0.3) is 0 Å². The first kappa shape index (κ1) is 18.2. The van der Waals surface area contributed by atoms with E-state index in [1.54, 1.807) is 6.07 Å². The highest BCUT2D eigenvalue weighted by atomic mass is 127. The number of nitrogens with zero attached hydrogens (tertiary/aromatic N) is 1. The Morgan fingerprint density at radius 2 is 1.73 bits per heavy atom. The third kappa shape index (κ3) is 3.50. The average molecular weight is 470 g/mol. The quantitative estimate of drug-likeness (QED) is 0.514. The highest BCUT2D eigenvalue weighted by Gasteiger charge is 2.25. The zero-order chi connectivity index (χ0) is 18.8. The van der Waals surface area contributed by atoms with E-state index in [-0.39, 0.29) is 11.3 Å². The SMILES string of the molecule is O=C(O)c1c(-c2ccncc2)cc(F)c(F)c1Nc1ccc(I)cc1F. The van der Waals surface area contributed by atoms with Crippen molar-refractivity contribution in [3.63, 3.8) is 0 Å². The molecule has 2 aromatic carbocycles. The summed E-state index contributed by atoms with van der Waals surface area (Å²) in [5, 5.41) is 12.0. The van der Waals surface area contributed by atoms with Crippen LogP contribution in [0, 0.1) is 21.0 Å². The molecule has 0 bridgehead atoms. The molecule has 0 aliphatic rings. The van der Waals surface area contributed by atoms with Crippen molar-refractivity contribution in [1.82, 2.24) is 4.98 Å². The van der Waals surface area contributed by atoms with E-state index >= 15 is 0 Å². The van der Waals surface area contributed by atoms with E-state index in [0.717, 1.165) is 6.07 Å². The summed E-state index contributed by atoms with van der Waals surface area (Å²) < 4.78 is 43.2. The first-order valence-corrected chi connectivity index (χ1v) is 8.34. The number of rotatable bonds is 4. The zero-order valence-electron chi connectivity index (χ0n) is 12.9. The van der Waals surface area contributed by atoms with Crippen molar-refractivity contribution in [1.29, 1.82) is 0 Å². The lowest BCUT2D eigenvalue weighted by molar-refractivity contribution is 0.0698. The second kappa shape index (κ2) is 7.32. The molecule has 4 nitrogen and oxygen atoms in total. The predicted molar refractivity (Wildman–Crippen MR) is 98.9 cm³/mol. The van der Waals surface area contributed by atoms with Crippen LogP contribution in [0.3, 0.4) is 0 Å². The fourth-order valence-electron chi connectivity index (χ4n) is 2.45. The number of aromatic carboxylic acids is 1. The van der Waals surface area contributed by atoms with Crippen LogP contribution in [0.4, 0.5) is 24.5 Å². The van der Waals surface area contributed by atoms with Crippen LogP contribution in [0.5, 0.6) is 0 Å². The van der Waals surface area contributed by atoms with Gasteiger partial charge in [-0.3, -0.25) is 4.98 Å². The van der Waals surface area contributed by atoms with Gasteiger partial charge in [-0.25, -0.2) is 18.0 Å². The van der Waals surface area contributed by atoms with Gasteiger partial charge in [-0.1, -0.05) is 0 Å². The van der Waals surface area contributed by atoms with Gasteiger partial charge in [-0.15, -0.1) is 0 Å². The molecule has 0 spiro atoms. The minimum absolute atomic E-state index is 0.0489. The number of hydrogen-bond acceptors (Lipinski definition) is 3. The molecule has 0 aliphatic heterocycles. The molecular formula is C18H10F3IN2O2. The number of carboxylic acid groups (broad SMARTS) is 1. The van der Waals surface area contributed by atoms with Crippen LogP contribution in [0.15, 0.2) is 48.8 Å². The molecule has 3 rings (SSSR count). The summed E-state index contributed by atoms with van der Waals surface area (Å²) in [6, 6.07) is 7.78. The molecule has 8 heteroatoms. The molecule has 26 heavy (non-hydrogen) atoms. The van der Waals surface area contributed by atoms with Gasteiger partial charge in [0.1, 0.15) is 5.82 Å². The lowest BCUT2D eigenvalue weighted by Crippen LogP contribution is -2.10. The van der Waals surface area contributed by atoms with Crippen LogP contribution in [-0.4, -0.2) is 16.1 Å². The number of nitrogens with one attached hydrogen (secondary N) is 1. The molecule has 1 aromatic heterocycles. The Hall–Kier alpha value is -2.62. The summed E-state index contributed by atoms with van der Waals surface area (Å²) in [6.07, 6.45) is 2.79. The molecule has 0 atom stereocenters. The molecule has 0 aliphatic carbocycles. The molecule has 0 amide bonds. The Labute approximate surface area is 159 Å². The van der Waals surface area contributed by atoms with Crippen molar-refractivity contribution < 1.29 is 23.1 Å². The van der Waals surface area contributed by atoms with Crippen LogP contribution in [0.25, 0.3) is 11.1 Å². The molecule has 0 radical (unpaired) electrons. The second-order valence-corrected chi connectivity index (χ2v) is 6.51. The maximum absolute atomic E-state index is 14.4. The lowest BCUT2D eigenvalue weighted by Gasteiger charge is -2.16. The summed E-state index contributed by atoms with van der Waals surface area (Å²) in [6.45, 7) is 0. The molecule has 0 fully saturated rings. The van der Waals surface area contributed by atoms with Crippen molar-refractivity contribution in [2.45, 2.75) is 0 Å². The smallest absolute Gasteiger partial charge is 0.338 e. The summed E-state index contributed by atoms with van der Waals surface area (Å²) in [5.74, 6) is -4.86. The van der Waals surface area contributed by atoms with Gasteiger partial charge in [0.15, 0.2) is 11.6 Å². The van der Waals surface area contributed by atoms with Crippen LogP contribution >= 0.6 is 22.6 Å². The molecular weight excluding hydrogens is 460 g/mol. The number of carboxylic acids is 1. The molecule has 0 unspecified atom stereocenters. The van der Waals surface area contributed by atoms with Crippen molar-refractivity contribution in [3.8, 4) is 11.1 Å². The summed E-state index contributed by atoms with van der Waals surface area (Å²) in [5.41, 5.74) is -1.04. The standard InChI is InChI=1S/C18H10F3IN2O2/c19-12-7-10(22)1-2-14(12)24-17-15(18(25)26)11(8-13(20)16(17)21)9-3-5-23-6-4-9/h1-8,24H,(H,25,26). The van der Waals surface area contributed by atoms with Crippen LogP contribution in [0.1, 0.15) is 10.4 Å². The van der Waals surface area contributed by atoms with Gasteiger partial charge in [-0.05, 0) is 64.6 Å². The molecule has 2 N–H and O–H groups in total. The summed E-state index contributed by atoms with van der Waals surface area (Å²) in [4.78, 5) is 15.6. The molecule has 0 saturated heterocycles. The zero-order valence-corrected chi connectivity index (χ0v) is 15.1. The fourth-order valence-corrected chi connectivity index (χ4v) is 2.90. The highest BCUT2D eigenvalue weighted by Crippen LogP contribution is 2.35. The number of anilines is 2. The minimum atomic E-state index is -1.48. The molecule has 3 aromatic rings. The Bertz CT molecular complexity index is 997. The van der Waals surface area contributed by atoms with E-state index in [1.165, 1.54) is 36.7 Å². The first-order valence-electron chi connectivity index (χ1n) is 7.26. The third-order valence-electron chi connectivity index (χ3n) is 3.62. The van der Waals surface area contributed by atoms with Crippen LogP contribution < -0.4 is 5.32 Å². The van der Waals surface area contributed by atoms with Crippen molar-refractivity contribution >= 4 is 39.9 Å². The number of halogens is 4. The lowest BCUT2D eigenvalue weighted by atomic mass is 9.98. The minimum Gasteiger partial charge on any atom is -0.478 e. The Morgan fingerprint density at radius 3 is 2.35 bits per heavy atom. The average Bonchev–Trinajstić information content (AvgIpc) is 2.61. The van der Waals surface area contributed by atoms with Gasteiger partial charge in [0, 0.05) is 21.5 Å². The normalized spacial score (nSPS) is 10.6. The molecule has 132 valence electrons. The van der Waals surface area contributed by atoms with Crippen molar-refractivity contribution in [2.75, 3.05) is 5.32 Å². The Kier molecular flexibility index (Phi) is 5.12. The Balaban J connectivity index is 2.23. The molecule has 0 saturated carbocycles. The second-order valence-electron chi connectivity index (χ2n) is 5.26. The van der Waals surface area contributed by atoms with Gasteiger partial charge in [0.2, 0.25) is 0 Å². The van der Waals surface area contributed by atoms with Gasteiger partial charge in [0.05, 0.1) is 16.9 Å². The van der Waals surface area contributed by atoms with Crippen molar-refractivity contribution in [2.24, 2.45) is 0 Å². The first-order chi connectivity index (χ1) is 12.4. The van der Waals surface area contributed by atoms with E-state index < -0.39 is 34.7 Å². The number of benzene rings is 2. The maximum Gasteiger partial charge on any atom is 0.338 e. The van der Waals surface area contributed by atoms with Gasteiger partial charge in [-0.2, -0.15) is 0 Å². The van der Waals surface area contributed by atoms with Gasteiger partial charge >= 0.3 is 5.97 Å². The van der Waals surface area contributed by atoms with E-state index in [0.29, 0.717) is 9.13 Å². The summed E-state index contributed by atoms with van der Waals surface area (Å²) in [7, 11) is 0. The fraction of sp³-hybridized carbons (Fsp3) is 0. The number of aromatic nitrogens is 1. The number of carbonyl (C=O) groups is 1. The van der Waals surface area contributed by atoms with Crippen LogP contribution in [-0.2, 0) is 0 Å². The van der Waals surface area contributed by atoms with Crippen LogP contribution in [0.2, 0.25) is 0 Å². The monoisotopic (exact) mass is 470 g/mol. The number of hydrogen-bond donors (Lipinski definition) is 2. The number of pyridine rings is 1. The largest absolute Gasteiger partial charge is 0.478 e. The van der Waals surface area contributed by atoms with E-state index in [9.17, 15) is 23.1 Å².